The van der Waals surface area contributed by atoms with Crippen molar-refractivity contribution in [3.05, 3.63) is 37.6 Å². The van der Waals surface area contributed by atoms with Gasteiger partial charge in [-0.15, -0.1) is 0 Å². The van der Waals surface area contributed by atoms with E-state index in [9.17, 15) is 4.79 Å². The van der Waals surface area contributed by atoms with Gasteiger partial charge in [0.25, 0.3) is 0 Å². The van der Waals surface area contributed by atoms with Crippen LogP contribution >= 0.6 is 0 Å². The van der Waals surface area contributed by atoms with Crippen molar-refractivity contribution in [1.29, 1.82) is 0 Å². The van der Waals surface area contributed by atoms with Crippen LogP contribution in [0.4, 0.5) is 0 Å². The maximum absolute atomic E-state index is 11.1. The highest BCUT2D eigenvalue weighted by Crippen LogP contribution is 2.04. The van der Waals surface area contributed by atoms with E-state index in [2.05, 4.69) is 13.2 Å². The summed E-state index contributed by atoms with van der Waals surface area (Å²) in [5, 5.41) is -1.73. The number of carbonyl (C=O) groups excluding carboxylic acids is 1. The fraction of sp³-hybridized carbons (Fsp3) is 0.125. The van der Waals surface area contributed by atoms with Gasteiger partial charge in [0, 0.05) is 6.20 Å². The molecule has 0 aliphatic carbocycles. The lowest BCUT2D eigenvalue weighted by Gasteiger charge is -2.33. The molecule has 0 bridgehead atoms. The van der Waals surface area contributed by atoms with E-state index >= 15 is 0 Å². The molecule has 1 amide bonds. The number of allylic oxidation sites excluding steroid dienone is 2. The Morgan fingerprint density at radius 2 is 1.85 bits per heavy atom. The standard InChI is InChI=1S/C8H8B3NO/c1-3-5-6-12(7(13)4-2)8(9,10)11/h3-6H,1-2H2/b6-5-. The van der Waals surface area contributed by atoms with Crippen LogP contribution in [0.3, 0.4) is 0 Å². The van der Waals surface area contributed by atoms with Gasteiger partial charge in [0.2, 0.25) is 5.91 Å². The van der Waals surface area contributed by atoms with Crippen molar-refractivity contribution in [1.82, 2.24) is 4.90 Å². The van der Waals surface area contributed by atoms with Crippen molar-refractivity contribution in [2.75, 3.05) is 0 Å². The van der Waals surface area contributed by atoms with Gasteiger partial charge < -0.3 is 4.90 Å². The van der Waals surface area contributed by atoms with Gasteiger partial charge in [0.15, 0.2) is 0 Å². The van der Waals surface area contributed by atoms with Gasteiger partial charge in [-0.25, -0.2) is 0 Å². The normalized spacial score (nSPS) is 11.1. The average Bonchev–Trinajstić information content (AvgIpc) is 2.02. The van der Waals surface area contributed by atoms with Crippen LogP contribution in [0.2, 0.25) is 0 Å². The number of nitrogens with zero attached hydrogens (tertiary/aromatic N) is 1. The van der Waals surface area contributed by atoms with Gasteiger partial charge in [-0.05, 0) is 12.2 Å². The summed E-state index contributed by atoms with van der Waals surface area (Å²) in [6.07, 6.45) is 5.35. The first-order chi connectivity index (χ1) is 5.93. The van der Waals surface area contributed by atoms with Crippen molar-refractivity contribution in [2.45, 2.75) is 5.24 Å². The molecule has 0 aromatic carbocycles. The summed E-state index contributed by atoms with van der Waals surface area (Å²) in [5.41, 5.74) is 0. The average molecular weight is 167 g/mol. The Hall–Kier alpha value is -1.12. The Kier molecular flexibility index (Phi) is 4.39. The predicted molar refractivity (Wildman–Crippen MR) is 56.4 cm³/mol. The zero-order valence-electron chi connectivity index (χ0n) is 7.31. The Morgan fingerprint density at radius 3 is 2.15 bits per heavy atom. The van der Waals surface area contributed by atoms with E-state index < -0.39 is 11.1 Å². The lowest BCUT2D eigenvalue weighted by molar-refractivity contribution is -0.123. The molecule has 0 rings (SSSR count). The second-order valence-electron chi connectivity index (χ2n) is 2.38. The second kappa shape index (κ2) is 4.80. The zero-order valence-corrected chi connectivity index (χ0v) is 7.31. The number of amides is 1. The van der Waals surface area contributed by atoms with Gasteiger partial charge in [-0.3, -0.25) is 4.79 Å². The van der Waals surface area contributed by atoms with Crippen LogP contribution in [0, 0.1) is 0 Å². The van der Waals surface area contributed by atoms with E-state index in [1.54, 1.807) is 0 Å². The maximum Gasteiger partial charge on any atom is 0.248 e. The fourth-order valence-electron chi connectivity index (χ4n) is 0.639. The second-order valence-corrected chi connectivity index (χ2v) is 2.38. The first kappa shape index (κ1) is 11.9. The molecule has 0 N–H and O–H groups in total. The molecule has 0 unspecified atom stereocenters. The van der Waals surface area contributed by atoms with Crippen LogP contribution in [0.1, 0.15) is 0 Å². The minimum absolute atomic E-state index is 0.481. The highest BCUT2D eigenvalue weighted by Gasteiger charge is 2.20. The van der Waals surface area contributed by atoms with Crippen molar-refractivity contribution in [3.8, 4) is 0 Å². The molecule has 0 aromatic heterocycles. The summed E-state index contributed by atoms with van der Waals surface area (Å²) in [6, 6.07) is 0. The highest BCUT2D eigenvalue weighted by atomic mass is 16.2. The molecule has 0 spiro atoms. The van der Waals surface area contributed by atoms with Crippen LogP contribution in [-0.4, -0.2) is 39.6 Å². The lowest BCUT2D eigenvalue weighted by Crippen LogP contribution is -2.50. The van der Waals surface area contributed by atoms with Crippen LogP contribution in [0.15, 0.2) is 37.6 Å². The molecule has 0 aliphatic rings. The minimum atomic E-state index is -1.73. The van der Waals surface area contributed by atoms with Crippen molar-refractivity contribution < 1.29 is 4.79 Å². The predicted octanol–water partition coefficient (Wildman–Crippen LogP) is -0.183. The molecule has 0 saturated heterocycles. The van der Waals surface area contributed by atoms with E-state index in [-0.39, 0.29) is 0 Å². The third kappa shape index (κ3) is 3.88. The Bertz CT molecular complexity index is 242. The van der Waals surface area contributed by atoms with Crippen LogP contribution < -0.4 is 0 Å². The van der Waals surface area contributed by atoms with E-state index in [0.29, 0.717) is 0 Å². The topological polar surface area (TPSA) is 20.3 Å². The Balaban J connectivity index is 4.75. The molecule has 0 aliphatic heterocycles. The molecule has 6 radical (unpaired) electrons. The highest BCUT2D eigenvalue weighted by molar-refractivity contribution is 6.59. The van der Waals surface area contributed by atoms with Gasteiger partial charge in [-0.1, -0.05) is 24.5 Å². The quantitative estimate of drug-likeness (QED) is 0.322. The van der Waals surface area contributed by atoms with Gasteiger partial charge >= 0.3 is 0 Å². The Morgan fingerprint density at radius 1 is 1.31 bits per heavy atom. The first-order valence-corrected chi connectivity index (χ1v) is 3.55. The number of rotatable bonds is 4. The fourth-order valence-corrected chi connectivity index (χ4v) is 0.639. The molecule has 5 heteroatoms. The lowest BCUT2D eigenvalue weighted by atomic mass is 9.48. The summed E-state index contributed by atoms with van der Waals surface area (Å²) in [7, 11) is 16.0. The SMILES string of the molecule is [B]C([B])([B])N(/C=C\C=C)C(=O)C=C. The first-order valence-electron chi connectivity index (χ1n) is 3.55. The van der Waals surface area contributed by atoms with E-state index in [1.807, 2.05) is 0 Å². The number of hydrogen-bond donors (Lipinski definition) is 0. The molecule has 13 heavy (non-hydrogen) atoms. The summed E-state index contributed by atoms with van der Waals surface area (Å²) in [6.45, 7) is 6.71. The van der Waals surface area contributed by atoms with Crippen LogP contribution in [0.25, 0.3) is 0 Å². The van der Waals surface area contributed by atoms with Crippen molar-refractivity contribution >= 4 is 29.4 Å². The van der Waals surface area contributed by atoms with Gasteiger partial charge in [0.05, 0.1) is 23.5 Å². The molecule has 0 fully saturated rings. The smallest absolute Gasteiger partial charge is 0.248 e. The summed E-state index contributed by atoms with van der Waals surface area (Å²) < 4.78 is 0. The molecule has 0 saturated carbocycles. The largest absolute Gasteiger partial charge is 0.335 e. The molecule has 0 atom stereocenters. The Labute approximate surface area is 82.6 Å². The maximum atomic E-state index is 11.1. The third-order valence-corrected chi connectivity index (χ3v) is 1.20. The number of hydrogen-bond acceptors (Lipinski definition) is 1. The molecule has 2 nitrogen and oxygen atoms in total. The summed E-state index contributed by atoms with van der Waals surface area (Å²) in [5.74, 6) is -0.481. The van der Waals surface area contributed by atoms with Crippen LogP contribution in [-0.2, 0) is 4.79 Å². The summed E-state index contributed by atoms with van der Waals surface area (Å²) in [4.78, 5) is 12.1. The zero-order chi connectivity index (χ0) is 10.5. The van der Waals surface area contributed by atoms with Crippen molar-refractivity contribution in [2.24, 2.45) is 0 Å². The molecular weight excluding hydrogens is 159 g/mol. The van der Waals surface area contributed by atoms with E-state index in [0.717, 1.165) is 11.0 Å². The van der Waals surface area contributed by atoms with Crippen molar-refractivity contribution in [3.63, 3.8) is 0 Å². The molecule has 60 valence electrons. The van der Waals surface area contributed by atoms with E-state index in [4.69, 9.17) is 23.5 Å². The minimum Gasteiger partial charge on any atom is -0.335 e. The third-order valence-electron chi connectivity index (χ3n) is 1.20. The van der Waals surface area contributed by atoms with E-state index in [1.165, 1.54) is 18.4 Å². The summed E-state index contributed by atoms with van der Waals surface area (Å²) >= 11 is 0. The van der Waals surface area contributed by atoms with Crippen LogP contribution in [0.5, 0.6) is 0 Å². The van der Waals surface area contributed by atoms with Gasteiger partial charge in [-0.2, -0.15) is 0 Å². The molecular formula is C8H8B3NO. The molecule has 0 aromatic rings. The van der Waals surface area contributed by atoms with Gasteiger partial charge in [0.1, 0.15) is 0 Å². The monoisotopic (exact) mass is 167 g/mol. The molecule has 0 heterocycles. The number of carbonyl (C=O) groups is 1.